The Kier molecular flexibility index (Phi) is 4.37. The van der Waals surface area contributed by atoms with Gasteiger partial charge in [0.05, 0.1) is 13.7 Å². The average molecular weight is 316 g/mol. The molecule has 2 N–H and O–H groups in total. The van der Waals surface area contributed by atoms with Gasteiger partial charge in [-0.25, -0.2) is 0 Å². The third kappa shape index (κ3) is 3.54. The van der Waals surface area contributed by atoms with Gasteiger partial charge in [0, 0.05) is 24.7 Å². The number of hydrogen-bond acceptors (Lipinski definition) is 6. The fourth-order valence-corrected chi connectivity index (χ4v) is 2.99. The first-order valence-corrected chi connectivity index (χ1v) is 7.93. The van der Waals surface area contributed by atoms with Crippen LogP contribution in [0.5, 0.6) is 5.75 Å². The first-order chi connectivity index (χ1) is 11.0. The zero-order valence-corrected chi connectivity index (χ0v) is 14.0. The topological polar surface area (TPSA) is 77.4 Å². The molecule has 23 heavy (non-hydrogen) atoms. The summed E-state index contributed by atoms with van der Waals surface area (Å²) in [6.45, 7) is 7.03. The summed E-state index contributed by atoms with van der Waals surface area (Å²) in [6.07, 6.45) is 0.996. The molecule has 1 atom stereocenters. The Labute approximate surface area is 136 Å². The van der Waals surface area contributed by atoms with Gasteiger partial charge in [-0.15, -0.1) is 0 Å². The van der Waals surface area contributed by atoms with E-state index in [0.717, 1.165) is 30.8 Å². The largest absolute Gasteiger partial charge is 0.497 e. The van der Waals surface area contributed by atoms with E-state index in [1.54, 1.807) is 7.11 Å². The van der Waals surface area contributed by atoms with E-state index in [0.29, 0.717) is 18.3 Å². The Hall–Kier alpha value is -1.92. The number of methoxy groups -OCH3 is 1. The Morgan fingerprint density at radius 2 is 2.09 bits per heavy atom. The van der Waals surface area contributed by atoms with Crippen LogP contribution in [0, 0.1) is 5.41 Å². The lowest BCUT2D eigenvalue weighted by Gasteiger charge is -2.42. The average Bonchev–Trinajstić information content (AvgIpc) is 2.99. The van der Waals surface area contributed by atoms with Crippen LogP contribution < -0.4 is 10.5 Å². The van der Waals surface area contributed by atoms with E-state index in [1.807, 2.05) is 24.3 Å². The number of rotatable bonds is 4. The van der Waals surface area contributed by atoms with Crippen LogP contribution >= 0.6 is 0 Å². The highest BCUT2D eigenvalue weighted by atomic mass is 16.5. The molecule has 1 fully saturated rings. The molecule has 0 bridgehead atoms. The lowest BCUT2D eigenvalue weighted by Crippen LogP contribution is -2.52. The maximum absolute atomic E-state index is 6.19. The summed E-state index contributed by atoms with van der Waals surface area (Å²) in [7, 11) is 1.64. The van der Waals surface area contributed by atoms with Crippen LogP contribution in [0.2, 0.25) is 0 Å². The Balaban J connectivity index is 1.67. The van der Waals surface area contributed by atoms with Gasteiger partial charge >= 0.3 is 0 Å². The SMILES string of the molecule is COc1ccc(-c2nc(CN3CCC(N)C(C)(C)C3)no2)cc1. The summed E-state index contributed by atoms with van der Waals surface area (Å²) >= 11 is 0. The van der Waals surface area contributed by atoms with Gasteiger partial charge in [0.15, 0.2) is 5.82 Å². The van der Waals surface area contributed by atoms with Crippen LogP contribution in [-0.4, -0.2) is 41.3 Å². The lowest BCUT2D eigenvalue weighted by atomic mass is 9.80. The molecule has 1 aliphatic rings. The minimum Gasteiger partial charge on any atom is -0.497 e. The maximum Gasteiger partial charge on any atom is 0.257 e. The van der Waals surface area contributed by atoms with E-state index < -0.39 is 0 Å². The molecule has 2 heterocycles. The summed E-state index contributed by atoms with van der Waals surface area (Å²) in [5, 5.41) is 4.11. The number of nitrogens with zero attached hydrogens (tertiary/aromatic N) is 3. The summed E-state index contributed by atoms with van der Waals surface area (Å²) in [5.74, 6) is 2.05. The second kappa shape index (κ2) is 6.29. The summed E-state index contributed by atoms with van der Waals surface area (Å²) in [4.78, 5) is 6.84. The highest BCUT2D eigenvalue weighted by molar-refractivity contribution is 5.54. The molecule has 1 unspecified atom stereocenters. The molecule has 1 aromatic carbocycles. The smallest absolute Gasteiger partial charge is 0.257 e. The summed E-state index contributed by atoms with van der Waals surface area (Å²) in [6, 6.07) is 7.85. The van der Waals surface area contributed by atoms with Crippen molar-refractivity contribution in [1.29, 1.82) is 0 Å². The van der Waals surface area contributed by atoms with Gasteiger partial charge in [0.25, 0.3) is 5.89 Å². The van der Waals surface area contributed by atoms with E-state index in [4.69, 9.17) is 15.0 Å². The van der Waals surface area contributed by atoms with Gasteiger partial charge in [-0.2, -0.15) is 4.98 Å². The van der Waals surface area contributed by atoms with Gasteiger partial charge in [-0.1, -0.05) is 19.0 Å². The van der Waals surface area contributed by atoms with E-state index >= 15 is 0 Å². The predicted molar refractivity (Wildman–Crippen MR) is 87.9 cm³/mol. The molecule has 0 aliphatic carbocycles. The van der Waals surface area contributed by atoms with Crippen molar-refractivity contribution in [1.82, 2.24) is 15.0 Å². The lowest BCUT2D eigenvalue weighted by molar-refractivity contribution is 0.0872. The quantitative estimate of drug-likeness (QED) is 0.932. The molecule has 1 aromatic heterocycles. The molecule has 6 heteroatoms. The molecule has 0 saturated carbocycles. The minimum atomic E-state index is 0.112. The second-order valence-corrected chi connectivity index (χ2v) is 6.84. The molecule has 6 nitrogen and oxygen atoms in total. The number of nitrogens with two attached hydrogens (primary N) is 1. The van der Waals surface area contributed by atoms with Gasteiger partial charge < -0.3 is 15.0 Å². The van der Waals surface area contributed by atoms with E-state index in [2.05, 4.69) is 28.9 Å². The van der Waals surface area contributed by atoms with Crippen LogP contribution in [-0.2, 0) is 6.54 Å². The Bertz CT molecular complexity index is 651. The second-order valence-electron chi connectivity index (χ2n) is 6.84. The fourth-order valence-electron chi connectivity index (χ4n) is 2.99. The van der Waals surface area contributed by atoms with Gasteiger partial charge in [0.2, 0.25) is 0 Å². The molecule has 0 radical (unpaired) electrons. The summed E-state index contributed by atoms with van der Waals surface area (Å²) < 4.78 is 10.5. The molecule has 1 saturated heterocycles. The number of ether oxygens (including phenoxy) is 1. The molecule has 0 spiro atoms. The maximum atomic E-state index is 6.19. The predicted octanol–water partition coefficient (Wildman–Crippen LogP) is 2.30. The Morgan fingerprint density at radius 3 is 2.74 bits per heavy atom. The van der Waals surface area contributed by atoms with E-state index in [-0.39, 0.29) is 11.5 Å². The fraction of sp³-hybridized carbons (Fsp3) is 0.529. The summed E-state index contributed by atoms with van der Waals surface area (Å²) in [5.41, 5.74) is 7.19. The zero-order chi connectivity index (χ0) is 16.4. The molecule has 2 aromatic rings. The van der Waals surface area contributed by atoms with Crippen molar-refractivity contribution in [2.75, 3.05) is 20.2 Å². The molecule has 124 valence electrons. The Morgan fingerprint density at radius 1 is 1.35 bits per heavy atom. The monoisotopic (exact) mass is 316 g/mol. The number of hydrogen-bond donors (Lipinski definition) is 1. The van der Waals surface area contributed by atoms with Crippen molar-refractivity contribution in [3.63, 3.8) is 0 Å². The van der Waals surface area contributed by atoms with Gasteiger partial charge in [-0.3, -0.25) is 4.90 Å². The first-order valence-electron chi connectivity index (χ1n) is 7.93. The van der Waals surface area contributed by atoms with Crippen molar-refractivity contribution in [2.45, 2.75) is 32.9 Å². The number of benzene rings is 1. The third-order valence-electron chi connectivity index (χ3n) is 4.56. The van der Waals surface area contributed by atoms with Gasteiger partial charge in [-0.05, 0) is 36.1 Å². The molecule has 1 aliphatic heterocycles. The van der Waals surface area contributed by atoms with Crippen LogP contribution in [0.25, 0.3) is 11.5 Å². The van der Waals surface area contributed by atoms with Gasteiger partial charge in [0.1, 0.15) is 5.75 Å². The van der Waals surface area contributed by atoms with Crippen molar-refractivity contribution in [3.05, 3.63) is 30.1 Å². The zero-order valence-electron chi connectivity index (χ0n) is 14.0. The standard InChI is InChI=1S/C17H24N4O2/c1-17(2)11-21(9-8-14(17)18)10-15-19-16(23-20-15)12-4-6-13(22-3)7-5-12/h4-7,14H,8-11,18H2,1-3H3. The van der Waals surface area contributed by atoms with Crippen molar-refractivity contribution in [3.8, 4) is 17.2 Å². The van der Waals surface area contributed by atoms with E-state index in [9.17, 15) is 0 Å². The van der Waals surface area contributed by atoms with Crippen molar-refractivity contribution >= 4 is 0 Å². The molecular weight excluding hydrogens is 292 g/mol. The van der Waals surface area contributed by atoms with Crippen molar-refractivity contribution < 1.29 is 9.26 Å². The number of aromatic nitrogens is 2. The first kappa shape index (κ1) is 16.0. The van der Waals surface area contributed by atoms with Crippen LogP contribution in [0.3, 0.4) is 0 Å². The normalized spacial score (nSPS) is 21.3. The molecule has 0 amide bonds. The highest BCUT2D eigenvalue weighted by Gasteiger charge is 2.33. The third-order valence-corrected chi connectivity index (χ3v) is 4.56. The van der Waals surface area contributed by atoms with Crippen LogP contribution in [0.1, 0.15) is 26.1 Å². The number of likely N-dealkylation sites (tertiary alicyclic amines) is 1. The molecule has 3 rings (SSSR count). The highest BCUT2D eigenvalue weighted by Crippen LogP contribution is 2.28. The van der Waals surface area contributed by atoms with E-state index in [1.165, 1.54) is 0 Å². The van der Waals surface area contributed by atoms with Crippen LogP contribution in [0.4, 0.5) is 0 Å². The molecular formula is C17H24N4O2. The minimum absolute atomic E-state index is 0.112. The van der Waals surface area contributed by atoms with Crippen molar-refractivity contribution in [2.24, 2.45) is 11.1 Å². The van der Waals surface area contributed by atoms with Crippen LogP contribution in [0.15, 0.2) is 28.8 Å². The number of piperidine rings is 1.